The molecule has 1 N–H and O–H groups in total. The van der Waals surface area contributed by atoms with Gasteiger partial charge in [0.15, 0.2) is 0 Å². The van der Waals surface area contributed by atoms with Crippen LogP contribution in [0.2, 0.25) is 0 Å². The first kappa shape index (κ1) is 33.0. The summed E-state index contributed by atoms with van der Waals surface area (Å²) >= 11 is 0. The maximum atomic E-state index is 8.36. The monoisotopic (exact) mass is 427 g/mol. The van der Waals surface area contributed by atoms with Gasteiger partial charge >= 0.3 is 0 Å². The molecular weight excluding hydrogens is 382 g/mol. The van der Waals surface area contributed by atoms with Gasteiger partial charge < -0.3 is 5.11 Å². The normalized spacial score (nSPS) is 12.7. The maximum absolute atomic E-state index is 8.36. The summed E-state index contributed by atoms with van der Waals surface area (Å²) in [6.07, 6.45) is 11.3. The summed E-state index contributed by atoms with van der Waals surface area (Å²) in [5.41, 5.74) is 5.99. The van der Waals surface area contributed by atoms with Gasteiger partial charge in [0, 0.05) is 6.21 Å². The van der Waals surface area contributed by atoms with Crippen LogP contribution in [0.15, 0.2) is 89.7 Å². The summed E-state index contributed by atoms with van der Waals surface area (Å²) in [4.78, 5) is 12.8. The average molecular weight is 428 g/mol. The Morgan fingerprint density at radius 3 is 1.84 bits per heavy atom. The first-order chi connectivity index (χ1) is 14.4. The molecule has 0 aromatic rings. The molecule has 0 amide bonds. The molecule has 31 heavy (non-hydrogen) atoms. The molecule has 0 rings (SSSR count). The Labute approximate surface area is 192 Å². The summed E-state index contributed by atoms with van der Waals surface area (Å²) in [6.45, 7) is 34.3. The fraction of sp³-hybridized carbons (Fsp3) is 0.429. The first-order valence-electron chi connectivity index (χ1n) is 10.8. The van der Waals surface area contributed by atoms with E-state index < -0.39 is 0 Å². The molecule has 3 heteroatoms. The van der Waals surface area contributed by atoms with E-state index in [1.54, 1.807) is 6.21 Å². The van der Waals surface area contributed by atoms with Crippen LogP contribution in [0.5, 0.6) is 0 Å². The zero-order valence-electron chi connectivity index (χ0n) is 21.0. The molecule has 0 fully saturated rings. The van der Waals surface area contributed by atoms with E-state index >= 15 is 0 Å². The number of hydrogen-bond acceptors (Lipinski definition) is 2. The van der Waals surface area contributed by atoms with E-state index in [4.69, 9.17) is 9.90 Å². The van der Waals surface area contributed by atoms with E-state index in [2.05, 4.69) is 84.7 Å². The third-order valence-corrected chi connectivity index (χ3v) is 4.32. The zero-order valence-corrected chi connectivity index (χ0v) is 21.0. The third-order valence-electron chi connectivity index (χ3n) is 4.32. The second-order valence-corrected chi connectivity index (χ2v) is 7.66. The second kappa shape index (κ2) is 20.6. The lowest BCUT2D eigenvalue weighted by molar-refractivity contribution is -0.122. The van der Waals surface area contributed by atoms with Crippen molar-refractivity contribution < 1.29 is 9.90 Å². The highest BCUT2D eigenvalue weighted by atomic mass is 16.3. The lowest BCUT2D eigenvalue weighted by Gasteiger charge is -2.09. The van der Waals surface area contributed by atoms with E-state index in [9.17, 15) is 0 Å². The minimum absolute atomic E-state index is 0.250. The molecule has 2 atom stereocenters. The summed E-state index contributed by atoms with van der Waals surface area (Å²) in [6, 6.07) is 0. The summed E-state index contributed by atoms with van der Waals surface area (Å²) in [7, 11) is 0. The van der Waals surface area contributed by atoms with Gasteiger partial charge in [-0.25, -0.2) is 0 Å². The van der Waals surface area contributed by atoms with Gasteiger partial charge in [-0.3, -0.25) is 9.79 Å². The molecule has 0 saturated carbocycles. The van der Waals surface area contributed by atoms with Crippen molar-refractivity contribution in [2.75, 3.05) is 0 Å². The number of rotatable bonds is 11. The van der Waals surface area contributed by atoms with Gasteiger partial charge in [-0.15, -0.1) is 6.58 Å². The van der Waals surface area contributed by atoms with Crippen LogP contribution in [0, 0.1) is 11.8 Å². The van der Waals surface area contributed by atoms with Gasteiger partial charge in [0.05, 0.1) is 5.70 Å². The molecule has 2 unspecified atom stereocenters. The average Bonchev–Trinajstić information content (AvgIpc) is 2.72. The summed E-state index contributed by atoms with van der Waals surface area (Å²) in [5, 5.41) is 6.89. The van der Waals surface area contributed by atoms with Crippen molar-refractivity contribution >= 4 is 12.7 Å². The summed E-state index contributed by atoms with van der Waals surface area (Å²) in [5.74, 6) is 0.863. The Bertz CT molecular complexity index is 686. The minimum atomic E-state index is -0.250. The van der Waals surface area contributed by atoms with Gasteiger partial charge in [0.1, 0.15) is 0 Å². The molecule has 174 valence electrons. The molecule has 0 aliphatic rings. The van der Waals surface area contributed by atoms with Crippen molar-refractivity contribution in [2.24, 2.45) is 16.8 Å². The van der Waals surface area contributed by atoms with Crippen LogP contribution < -0.4 is 0 Å². The molecule has 0 aromatic heterocycles. The number of carbonyl (C=O) groups is 1. The lowest BCUT2D eigenvalue weighted by Crippen LogP contribution is -1.97. The molecule has 0 bridgehead atoms. The van der Waals surface area contributed by atoms with E-state index in [0.29, 0.717) is 11.6 Å². The van der Waals surface area contributed by atoms with Gasteiger partial charge in [0.25, 0.3) is 6.47 Å². The van der Waals surface area contributed by atoms with E-state index in [1.165, 1.54) is 11.1 Å². The highest BCUT2D eigenvalue weighted by molar-refractivity contribution is 5.80. The maximum Gasteiger partial charge on any atom is 0.290 e. The van der Waals surface area contributed by atoms with Crippen LogP contribution in [0.1, 0.15) is 67.7 Å². The van der Waals surface area contributed by atoms with Crippen molar-refractivity contribution in [2.45, 2.75) is 67.7 Å². The van der Waals surface area contributed by atoms with Crippen LogP contribution in [0.4, 0.5) is 0 Å². The molecule has 0 radical (unpaired) electrons. The molecular formula is C28H45NO2. The Balaban J connectivity index is -0.000000971. The highest BCUT2D eigenvalue weighted by Crippen LogP contribution is 2.20. The molecule has 0 aliphatic carbocycles. The second-order valence-electron chi connectivity index (χ2n) is 7.66. The zero-order chi connectivity index (χ0) is 25.0. The Hall–Kier alpha value is -2.68. The van der Waals surface area contributed by atoms with Crippen LogP contribution in [-0.4, -0.2) is 17.8 Å². The van der Waals surface area contributed by atoms with Crippen LogP contribution >= 0.6 is 0 Å². The Morgan fingerprint density at radius 2 is 1.45 bits per heavy atom. The molecule has 0 aromatic carbocycles. The Morgan fingerprint density at radius 1 is 0.968 bits per heavy atom. The fourth-order valence-electron chi connectivity index (χ4n) is 1.95. The van der Waals surface area contributed by atoms with Crippen molar-refractivity contribution in [3.63, 3.8) is 0 Å². The van der Waals surface area contributed by atoms with Crippen molar-refractivity contribution in [1.29, 1.82) is 0 Å². The van der Waals surface area contributed by atoms with Gasteiger partial charge in [0.2, 0.25) is 0 Å². The highest BCUT2D eigenvalue weighted by Gasteiger charge is 2.04. The SMILES string of the molecule is C=C(/C=C(/CC)C(=C)CC)C(=C)N=CC(=C)C(C)/C=C\C(C)CC.C=C(C)C.O=CO. The smallest absolute Gasteiger partial charge is 0.290 e. The third kappa shape index (κ3) is 20.4. The summed E-state index contributed by atoms with van der Waals surface area (Å²) < 4.78 is 0. The van der Waals surface area contributed by atoms with Crippen LogP contribution in [0.25, 0.3) is 0 Å². The lowest BCUT2D eigenvalue weighted by atomic mass is 9.99. The first-order valence-corrected chi connectivity index (χ1v) is 10.8. The predicted molar refractivity (Wildman–Crippen MR) is 141 cm³/mol. The van der Waals surface area contributed by atoms with Crippen molar-refractivity contribution in [3.8, 4) is 0 Å². The van der Waals surface area contributed by atoms with Crippen molar-refractivity contribution in [3.05, 3.63) is 84.7 Å². The number of nitrogens with zero attached hydrogens (tertiary/aromatic N) is 1. The largest absolute Gasteiger partial charge is 0.483 e. The molecule has 0 spiro atoms. The minimum Gasteiger partial charge on any atom is -0.483 e. The van der Waals surface area contributed by atoms with E-state index in [-0.39, 0.29) is 12.4 Å². The molecule has 0 aliphatic heterocycles. The fourth-order valence-corrected chi connectivity index (χ4v) is 1.95. The van der Waals surface area contributed by atoms with Gasteiger partial charge in [-0.05, 0) is 61.3 Å². The predicted octanol–water partition coefficient (Wildman–Crippen LogP) is 8.51. The quantitative estimate of drug-likeness (QED) is 0.155. The Kier molecular flexibility index (Phi) is 21.9. The van der Waals surface area contributed by atoms with Crippen LogP contribution in [0.3, 0.4) is 0 Å². The van der Waals surface area contributed by atoms with Gasteiger partial charge in [-0.1, -0.05) is 90.7 Å². The molecule has 0 saturated heterocycles. The number of hydrogen-bond donors (Lipinski definition) is 1. The number of aliphatic imine (C=N–C) groups is 1. The topological polar surface area (TPSA) is 49.7 Å². The van der Waals surface area contributed by atoms with E-state index in [0.717, 1.165) is 36.0 Å². The number of allylic oxidation sites excluding steroid dienone is 7. The molecule has 0 heterocycles. The van der Waals surface area contributed by atoms with E-state index in [1.807, 2.05) is 19.9 Å². The van der Waals surface area contributed by atoms with Crippen LogP contribution in [-0.2, 0) is 4.79 Å². The number of carboxylic acid groups (broad SMARTS) is 1. The standard InChI is InChI=1S/C23H35N.C4H8.CH2O2/c1-10-17(4)13-14-19(6)21(8)16-24-22(9)20(7)15-23(12-3)18(5)11-2;1-4(2)3;2-1-3/h13-17,19H,5,7-12H2,1-4,6H3;1H2,2-3H3;1H,(H,2,3)/b14-13-,23-15-,24-16?;;. The molecule has 3 nitrogen and oxygen atoms in total. The van der Waals surface area contributed by atoms with Crippen molar-refractivity contribution in [1.82, 2.24) is 0 Å². The van der Waals surface area contributed by atoms with Gasteiger partial charge in [-0.2, -0.15) is 0 Å².